The minimum Gasteiger partial charge on any atom is -0.355 e. The molecule has 1 aliphatic heterocycles. The molecule has 0 unspecified atom stereocenters. The maximum Gasteiger partial charge on any atom is 0.241 e. The number of likely N-dealkylation sites (tertiary alicyclic amines) is 1. The largest absolute Gasteiger partial charge is 0.355 e. The zero-order chi connectivity index (χ0) is 23.0. The number of piperidine rings is 1. The summed E-state index contributed by atoms with van der Waals surface area (Å²) in [5, 5.41) is 7.95. The number of hydrogen-bond acceptors (Lipinski definition) is 6. The summed E-state index contributed by atoms with van der Waals surface area (Å²) < 4.78 is 6.45. The molecule has 174 valence electrons. The van der Waals surface area contributed by atoms with Gasteiger partial charge in [0.25, 0.3) is 0 Å². The number of aromatic nitrogens is 2. The molecule has 1 aliphatic rings. The van der Waals surface area contributed by atoms with Gasteiger partial charge in [0.1, 0.15) is 0 Å². The molecular formula is C24H26BrClN4O2S. The first-order valence-corrected chi connectivity index (χ1v) is 13.3. The van der Waals surface area contributed by atoms with E-state index in [0.717, 1.165) is 52.5 Å². The molecule has 0 saturated carbocycles. The number of carbonyl (C=O) groups excluding carboxylic acids is 1. The van der Waals surface area contributed by atoms with Crippen LogP contribution in [0.2, 0.25) is 5.02 Å². The molecule has 4 rings (SSSR count). The highest BCUT2D eigenvalue weighted by molar-refractivity contribution is 9.10. The third kappa shape index (κ3) is 7.30. The molecule has 2 heterocycles. The molecule has 1 aromatic heterocycles. The zero-order valence-electron chi connectivity index (χ0n) is 18.2. The molecule has 1 amide bonds. The highest BCUT2D eigenvalue weighted by Gasteiger charge is 2.25. The second kappa shape index (κ2) is 12.0. The molecule has 0 spiro atoms. The molecular weight excluding hydrogens is 524 g/mol. The van der Waals surface area contributed by atoms with Crippen LogP contribution in [0.15, 0.2) is 57.5 Å². The number of nitrogens with one attached hydrogen (secondary N) is 1. The van der Waals surface area contributed by atoms with Crippen LogP contribution in [-0.2, 0) is 17.1 Å². The van der Waals surface area contributed by atoms with E-state index in [1.807, 2.05) is 60.3 Å². The van der Waals surface area contributed by atoms with Crippen LogP contribution in [0.4, 0.5) is 0 Å². The molecule has 2 aromatic carbocycles. The van der Waals surface area contributed by atoms with Gasteiger partial charge in [-0.25, -0.2) is 0 Å². The first kappa shape index (κ1) is 24.3. The molecule has 1 N–H and O–H groups in total. The Bertz CT molecular complexity index is 1040. The van der Waals surface area contributed by atoms with E-state index >= 15 is 0 Å². The average Bonchev–Trinajstić information content (AvgIpc) is 3.29. The summed E-state index contributed by atoms with van der Waals surface area (Å²) in [4.78, 5) is 19.3. The van der Waals surface area contributed by atoms with Gasteiger partial charge in [0, 0.05) is 39.0 Å². The summed E-state index contributed by atoms with van der Waals surface area (Å²) in [6, 6.07) is 15.7. The summed E-state index contributed by atoms with van der Waals surface area (Å²) >= 11 is 11.2. The van der Waals surface area contributed by atoms with Crippen LogP contribution in [0, 0.1) is 5.92 Å². The van der Waals surface area contributed by atoms with Crippen LogP contribution in [0.1, 0.15) is 24.3 Å². The lowest BCUT2D eigenvalue weighted by molar-refractivity contribution is -0.126. The van der Waals surface area contributed by atoms with Crippen molar-refractivity contribution in [3.8, 4) is 11.4 Å². The molecule has 33 heavy (non-hydrogen) atoms. The second-order valence-corrected chi connectivity index (χ2v) is 10.5. The Morgan fingerprint density at radius 1 is 1.15 bits per heavy atom. The molecule has 0 aliphatic carbocycles. The fourth-order valence-corrected chi connectivity index (χ4v) is 4.95. The maximum atomic E-state index is 12.5. The van der Waals surface area contributed by atoms with Gasteiger partial charge < -0.3 is 9.84 Å². The van der Waals surface area contributed by atoms with E-state index in [1.54, 1.807) is 0 Å². The van der Waals surface area contributed by atoms with Crippen LogP contribution < -0.4 is 5.32 Å². The molecule has 9 heteroatoms. The van der Waals surface area contributed by atoms with Crippen LogP contribution in [0.5, 0.6) is 0 Å². The summed E-state index contributed by atoms with van der Waals surface area (Å²) in [5.74, 6) is 3.25. The predicted molar refractivity (Wildman–Crippen MR) is 136 cm³/mol. The van der Waals surface area contributed by atoms with Crippen molar-refractivity contribution in [3.63, 3.8) is 0 Å². The lowest BCUT2D eigenvalue weighted by Crippen LogP contribution is -2.40. The molecule has 6 nitrogen and oxygen atoms in total. The van der Waals surface area contributed by atoms with Gasteiger partial charge in [0.2, 0.25) is 17.6 Å². The van der Waals surface area contributed by atoms with E-state index in [-0.39, 0.29) is 11.8 Å². The summed E-state index contributed by atoms with van der Waals surface area (Å²) in [6.45, 7) is 3.00. The lowest BCUT2D eigenvalue weighted by atomic mass is 9.96. The SMILES string of the molecule is O=C(NCCSCc1ccc(Cl)cc1)C1CCN(Cc2nc(-c3ccc(Br)cc3)no2)CC1. The van der Waals surface area contributed by atoms with Crippen molar-refractivity contribution in [2.24, 2.45) is 5.92 Å². The fraction of sp³-hybridized carbons (Fsp3) is 0.375. The van der Waals surface area contributed by atoms with Gasteiger partial charge in [-0.1, -0.05) is 44.8 Å². The van der Waals surface area contributed by atoms with E-state index in [4.69, 9.17) is 16.1 Å². The quantitative estimate of drug-likeness (QED) is 0.360. The second-order valence-electron chi connectivity index (χ2n) is 8.04. The van der Waals surface area contributed by atoms with E-state index in [9.17, 15) is 4.79 Å². The molecule has 0 bridgehead atoms. The normalized spacial score (nSPS) is 15.0. The minimum absolute atomic E-state index is 0.0727. The monoisotopic (exact) mass is 548 g/mol. The number of carbonyl (C=O) groups is 1. The third-order valence-electron chi connectivity index (χ3n) is 5.62. The number of thioether (sulfide) groups is 1. The van der Waals surface area contributed by atoms with Crippen LogP contribution >= 0.6 is 39.3 Å². The van der Waals surface area contributed by atoms with Gasteiger partial charge in [0.15, 0.2) is 0 Å². The van der Waals surface area contributed by atoms with E-state index in [2.05, 4.69) is 36.3 Å². The van der Waals surface area contributed by atoms with Gasteiger partial charge >= 0.3 is 0 Å². The number of hydrogen-bond donors (Lipinski definition) is 1. The summed E-state index contributed by atoms with van der Waals surface area (Å²) in [7, 11) is 0. The lowest BCUT2D eigenvalue weighted by Gasteiger charge is -2.30. The van der Waals surface area contributed by atoms with Crippen LogP contribution in [-0.4, -0.2) is 46.3 Å². The van der Waals surface area contributed by atoms with Crippen molar-refractivity contribution in [1.82, 2.24) is 20.4 Å². The number of nitrogens with zero attached hydrogens (tertiary/aromatic N) is 3. The first-order chi connectivity index (χ1) is 16.1. The number of rotatable bonds is 9. The Labute approximate surface area is 211 Å². The Kier molecular flexibility index (Phi) is 8.83. The van der Waals surface area contributed by atoms with Gasteiger partial charge in [-0.15, -0.1) is 0 Å². The number of halogens is 2. The molecule has 1 saturated heterocycles. The summed E-state index contributed by atoms with van der Waals surface area (Å²) in [5.41, 5.74) is 2.17. The smallest absolute Gasteiger partial charge is 0.241 e. The average molecular weight is 550 g/mol. The third-order valence-corrected chi connectivity index (χ3v) is 7.43. The van der Waals surface area contributed by atoms with Gasteiger partial charge in [-0.2, -0.15) is 16.7 Å². The Morgan fingerprint density at radius 3 is 2.61 bits per heavy atom. The van der Waals surface area contributed by atoms with Crippen molar-refractivity contribution in [2.45, 2.75) is 25.1 Å². The topological polar surface area (TPSA) is 71.3 Å². The zero-order valence-corrected chi connectivity index (χ0v) is 21.3. The van der Waals surface area contributed by atoms with Gasteiger partial charge in [-0.05, 0) is 67.9 Å². The van der Waals surface area contributed by atoms with Crippen molar-refractivity contribution in [3.05, 3.63) is 69.5 Å². The van der Waals surface area contributed by atoms with Crippen LogP contribution in [0.3, 0.4) is 0 Å². The van der Waals surface area contributed by atoms with E-state index < -0.39 is 0 Å². The van der Waals surface area contributed by atoms with Gasteiger partial charge in [-0.3, -0.25) is 9.69 Å². The maximum absolute atomic E-state index is 12.5. The Hall–Kier alpha value is -1.87. The highest BCUT2D eigenvalue weighted by Crippen LogP contribution is 2.22. The fourth-order valence-electron chi connectivity index (χ4n) is 3.74. The standard InChI is InChI=1S/C24H26BrClN4O2S/c25-20-5-3-18(4-6-20)23-28-22(32-29-23)15-30-12-9-19(10-13-30)24(31)27-11-14-33-16-17-1-7-21(26)8-2-17/h1-8,19H,9-16H2,(H,27,31). The first-order valence-electron chi connectivity index (χ1n) is 11.0. The van der Waals surface area contributed by atoms with Crippen molar-refractivity contribution >= 4 is 45.2 Å². The van der Waals surface area contributed by atoms with E-state index in [0.29, 0.717) is 24.8 Å². The summed E-state index contributed by atoms with van der Waals surface area (Å²) in [6.07, 6.45) is 1.69. The van der Waals surface area contributed by atoms with Crippen molar-refractivity contribution < 1.29 is 9.32 Å². The molecule has 3 aromatic rings. The van der Waals surface area contributed by atoms with Crippen molar-refractivity contribution in [2.75, 3.05) is 25.4 Å². The minimum atomic E-state index is 0.0727. The Balaban J connectivity index is 1.13. The van der Waals surface area contributed by atoms with Crippen molar-refractivity contribution in [1.29, 1.82) is 0 Å². The van der Waals surface area contributed by atoms with Gasteiger partial charge in [0.05, 0.1) is 6.54 Å². The number of benzene rings is 2. The van der Waals surface area contributed by atoms with Crippen LogP contribution in [0.25, 0.3) is 11.4 Å². The molecule has 0 radical (unpaired) electrons. The predicted octanol–water partition coefficient (Wildman–Crippen LogP) is 5.41. The Morgan fingerprint density at radius 2 is 1.88 bits per heavy atom. The molecule has 1 fully saturated rings. The number of amides is 1. The molecule has 0 atom stereocenters. The highest BCUT2D eigenvalue weighted by atomic mass is 79.9. The van der Waals surface area contributed by atoms with E-state index in [1.165, 1.54) is 5.56 Å².